The van der Waals surface area contributed by atoms with Crippen LogP contribution in [0.4, 0.5) is 4.79 Å². The second-order valence-electron chi connectivity index (χ2n) is 16.6. The van der Waals surface area contributed by atoms with Crippen molar-refractivity contribution in [2.45, 2.75) is 207 Å². The minimum Gasteiger partial charge on any atom is -0.481 e. The molecule has 0 spiro atoms. The summed E-state index contributed by atoms with van der Waals surface area (Å²) in [6, 6.07) is 6.79. The van der Waals surface area contributed by atoms with Crippen molar-refractivity contribution in [2.24, 2.45) is 0 Å². The number of carboxylic acid groups (broad SMARTS) is 2. The van der Waals surface area contributed by atoms with E-state index in [1.54, 1.807) is 0 Å². The average Bonchev–Trinajstić information content (AvgIpc) is 3.24. The first-order chi connectivity index (χ1) is 29.8. The van der Waals surface area contributed by atoms with Crippen LogP contribution < -0.4 is 0 Å². The highest BCUT2D eigenvalue weighted by atomic mass is 16.7. The fourth-order valence-corrected chi connectivity index (χ4v) is 7.42. The molecule has 0 aromatic heterocycles. The quantitative estimate of drug-likeness (QED) is 0.0380. The molecule has 1 aromatic rings. The van der Waals surface area contributed by atoms with Crippen LogP contribution >= 0.6 is 0 Å². The van der Waals surface area contributed by atoms with Gasteiger partial charge < -0.3 is 24.6 Å². The number of aliphatic carboxylic acids is 2. The number of carboxylic acids is 2. The van der Waals surface area contributed by atoms with Gasteiger partial charge in [-0.2, -0.15) is 0 Å². The summed E-state index contributed by atoms with van der Waals surface area (Å²) < 4.78 is 10.9. The number of unbranched alkanes of at least 4 members (excludes halogenated alkanes) is 18. The SMILES string of the molecule is CCN(CC)CCCOC(=O)OCc1cc(CCCCCC/C=C\C/C=C\CCCCCCCC(=O)O)cc(CCCCCC/C=C\C/C=C\CCCCCCCC(=O)O)c1. The molecule has 0 aliphatic heterocycles. The molecular formula is C53H87NO7. The second kappa shape index (κ2) is 41.7. The summed E-state index contributed by atoms with van der Waals surface area (Å²) in [5.74, 6) is -1.38. The first-order valence-corrected chi connectivity index (χ1v) is 24.5. The molecule has 1 rings (SSSR count). The molecule has 8 heteroatoms. The van der Waals surface area contributed by atoms with E-state index in [4.69, 9.17) is 19.7 Å². The van der Waals surface area contributed by atoms with Gasteiger partial charge in [0.1, 0.15) is 6.61 Å². The number of allylic oxidation sites excluding steroid dienone is 8. The minimum atomic E-state index is -0.689. The standard InChI is InChI=1S/C53H87NO7/c1-3-54(4-2)42-37-43-60-53(59)61-47-50-45-48(38-33-29-25-21-17-13-9-5-7-11-15-19-23-27-31-35-40-51(55)56)44-49(46-50)39-34-30-26-22-18-14-10-6-8-12-16-20-24-28-32-36-41-52(57)58/h7-14,44-46H,3-6,15-43,47H2,1-2H3,(H,55,56)(H,57,58)/b11-7-,12-8-,13-9-,14-10-. The van der Waals surface area contributed by atoms with Gasteiger partial charge in [-0.25, -0.2) is 4.79 Å². The van der Waals surface area contributed by atoms with Crippen LogP contribution in [0.15, 0.2) is 66.8 Å². The first-order valence-electron chi connectivity index (χ1n) is 24.5. The Hall–Kier alpha value is -3.65. The number of hydrogen-bond donors (Lipinski definition) is 2. The maximum Gasteiger partial charge on any atom is 0.508 e. The van der Waals surface area contributed by atoms with E-state index in [0.29, 0.717) is 19.4 Å². The summed E-state index contributed by atoms with van der Waals surface area (Å²) in [4.78, 5) is 35.9. The number of hydrogen-bond acceptors (Lipinski definition) is 6. The van der Waals surface area contributed by atoms with Crippen molar-refractivity contribution in [2.75, 3.05) is 26.2 Å². The van der Waals surface area contributed by atoms with Crippen LogP contribution in [0.1, 0.15) is 204 Å². The third kappa shape index (κ3) is 37.8. The van der Waals surface area contributed by atoms with E-state index in [0.717, 1.165) is 134 Å². The summed E-state index contributed by atoms with van der Waals surface area (Å²) in [5.41, 5.74) is 3.72. The third-order valence-electron chi connectivity index (χ3n) is 11.1. The number of rotatable bonds is 42. The van der Waals surface area contributed by atoms with E-state index in [-0.39, 0.29) is 6.61 Å². The van der Waals surface area contributed by atoms with Crippen LogP contribution in [0.25, 0.3) is 0 Å². The van der Waals surface area contributed by atoms with Gasteiger partial charge in [0.15, 0.2) is 0 Å². The number of ether oxygens (including phenoxy) is 2. The monoisotopic (exact) mass is 850 g/mol. The molecule has 0 amide bonds. The van der Waals surface area contributed by atoms with Gasteiger partial charge in [0.05, 0.1) is 6.61 Å². The first kappa shape index (κ1) is 55.4. The predicted molar refractivity (Wildman–Crippen MR) is 254 cm³/mol. The number of carbonyl (C=O) groups is 3. The highest BCUT2D eigenvalue weighted by molar-refractivity contribution is 5.66. The lowest BCUT2D eigenvalue weighted by Gasteiger charge is -2.17. The molecule has 1 aromatic carbocycles. The van der Waals surface area contributed by atoms with Crippen molar-refractivity contribution in [1.29, 1.82) is 0 Å². The van der Waals surface area contributed by atoms with Crippen LogP contribution in [-0.2, 0) is 38.5 Å². The van der Waals surface area contributed by atoms with Crippen molar-refractivity contribution >= 4 is 18.1 Å². The zero-order valence-electron chi connectivity index (χ0n) is 38.8. The Kier molecular flexibility index (Phi) is 37.8. The van der Waals surface area contributed by atoms with Gasteiger partial charge in [0, 0.05) is 19.4 Å². The Bertz CT molecular complexity index is 1270. The fourth-order valence-electron chi connectivity index (χ4n) is 7.42. The molecule has 0 saturated heterocycles. The Labute approximate surface area is 372 Å². The van der Waals surface area contributed by atoms with E-state index < -0.39 is 18.1 Å². The largest absolute Gasteiger partial charge is 0.508 e. The zero-order chi connectivity index (χ0) is 44.3. The summed E-state index contributed by atoms with van der Waals surface area (Å²) in [5, 5.41) is 17.4. The van der Waals surface area contributed by atoms with Crippen LogP contribution in [0.3, 0.4) is 0 Å². The van der Waals surface area contributed by atoms with E-state index in [1.165, 1.54) is 75.3 Å². The van der Waals surface area contributed by atoms with Gasteiger partial charge in [-0.1, -0.05) is 145 Å². The fraction of sp³-hybridized carbons (Fsp3) is 0.679. The summed E-state index contributed by atoms with van der Waals surface area (Å²) in [7, 11) is 0. The molecule has 0 radical (unpaired) electrons. The molecule has 0 aliphatic rings. The molecule has 2 N–H and O–H groups in total. The second-order valence-corrected chi connectivity index (χ2v) is 16.6. The summed E-state index contributed by atoms with van der Waals surface area (Å²) >= 11 is 0. The lowest BCUT2D eigenvalue weighted by atomic mass is 9.97. The van der Waals surface area contributed by atoms with Crippen molar-refractivity contribution in [1.82, 2.24) is 4.90 Å². The minimum absolute atomic E-state index is 0.241. The summed E-state index contributed by atoms with van der Waals surface area (Å²) in [6.07, 6.45) is 47.8. The normalized spacial score (nSPS) is 11.9. The van der Waals surface area contributed by atoms with E-state index >= 15 is 0 Å². The molecule has 0 atom stereocenters. The van der Waals surface area contributed by atoms with Crippen LogP contribution in [0, 0.1) is 0 Å². The molecular weight excluding hydrogens is 763 g/mol. The Balaban J connectivity index is 2.38. The van der Waals surface area contributed by atoms with E-state index in [1.807, 2.05) is 0 Å². The molecule has 61 heavy (non-hydrogen) atoms. The van der Waals surface area contributed by atoms with Crippen molar-refractivity contribution in [3.63, 3.8) is 0 Å². The van der Waals surface area contributed by atoms with Gasteiger partial charge in [0.2, 0.25) is 0 Å². The molecule has 8 nitrogen and oxygen atoms in total. The van der Waals surface area contributed by atoms with Crippen LogP contribution in [0.5, 0.6) is 0 Å². The zero-order valence-corrected chi connectivity index (χ0v) is 38.8. The molecule has 0 bridgehead atoms. The molecule has 346 valence electrons. The van der Waals surface area contributed by atoms with Gasteiger partial charge in [0.25, 0.3) is 0 Å². The molecule has 0 unspecified atom stereocenters. The smallest absolute Gasteiger partial charge is 0.481 e. The number of carbonyl (C=O) groups excluding carboxylic acids is 1. The van der Waals surface area contributed by atoms with E-state index in [9.17, 15) is 14.4 Å². The lowest BCUT2D eigenvalue weighted by Crippen LogP contribution is -2.25. The van der Waals surface area contributed by atoms with Crippen molar-refractivity contribution < 1.29 is 34.1 Å². The van der Waals surface area contributed by atoms with Gasteiger partial charge in [-0.05, 0) is 139 Å². The Morgan fingerprint density at radius 1 is 0.475 bits per heavy atom. The van der Waals surface area contributed by atoms with Crippen molar-refractivity contribution in [3.8, 4) is 0 Å². The predicted octanol–water partition coefficient (Wildman–Crippen LogP) is 14.7. The Morgan fingerprint density at radius 2 is 0.852 bits per heavy atom. The molecule has 0 fully saturated rings. The number of benzene rings is 1. The molecule has 0 heterocycles. The third-order valence-corrected chi connectivity index (χ3v) is 11.1. The van der Waals surface area contributed by atoms with Crippen LogP contribution in [-0.4, -0.2) is 59.4 Å². The lowest BCUT2D eigenvalue weighted by molar-refractivity contribution is -0.138. The topological polar surface area (TPSA) is 113 Å². The van der Waals surface area contributed by atoms with E-state index in [2.05, 4.69) is 85.6 Å². The highest BCUT2D eigenvalue weighted by Crippen LogP contribution is 2.19. The average molecular weight is 850 g/mol. The number of nitrogens with zero attached hydrogens (tertiary/aromatic N) is 1. The van der Waals surface area contributed by atoms with Gasteiger partial charge in [-0.3, -0.25) is 9.59 Å². The highest BCUT2D eigenvalue weighted by Gasteiger charge is 2.09. The Morgan fingerprint density at radius 3 is 1.26 bits per heavy atom. The van der Waals surface area contributed by atoms with Crippen molar-refractivity contribution in [3.05, 3.63) is 83.5 Å². The van der Waals surface area contributed by atoms with Crippen LogP contribution in [0.2, 0.25) is 0 Å². The molecule has 0 aliphatic carbocycles. The maximum atomic E-state index is 12.4. The molecule has 0 saturated carbocycles. The van der Waals surface area contributed by atoms with Gasteiger partial charge in [-0.15, -0.1) is 0 Å². The van der Waals surface area contributed by atoms with Gasteiger partial charge >= 0.3 is 18.1 Å². The maximum absolute atomic E-state index is 12.4. The summed E-state index contributed by atoms with van der Waals surface area (Å²) in [6.45, 7) is 7.82. The number of aryl methyl sites for hydroxylation is 2.